The number of rotatable bonds is 3. The van der Waals surface area contributed by atoms with E-state index < -0.39 is 0 Å². The molecule has 1 aromatic rings. The molecule has 15 heavy (non-hydrogen) atoms. The zero-order valence-corrected chi connectivity index (χ0v) is 10.2. The highest BCUT2D eigenvalue weighted by Gasteiger charge is 2.19. The van der Waals surface area contributed by atoms with E-state index in [1.807, 2.05) is 20.8 Å². The highest BCUT2D eigenvalue weighted by molar-refractivity contribution is 7.09. The molecule has 0 radical (unpaired) electrons. The zero-order chi connectivity index (χ0) is 11.5. The third kappa shape index (κ3) is 3.56. The molecule has 84 valence electrons. The van der Waals surface area contributed by atoms with E-state index >= 15 is 0 Å². The molecule has 0 bridgehead atoms. The summed E-state index contributed by atoms with van der Waals surface area (Å²) >= 11 is 1.21. The summed E-state index contributed by atoms with van der Waals surface area (Å²) in [5, 5.41) is 6.00. The van der Waals surface area contributed by atoms with Crippen LogP contribution in [0.4, 0.5) is 5.13 Å². The van der Waals surface area contributed by atoms with Crippen LogP contribution >= 0.6 is 11.5 Å². The minimum absolute atomic E-state index is 0.0809. The Labute approximate surface area is 93.5 Å². The second kappa shape index (κ2) is 4.67. The summed E-state index contributed by atoms with van der Waals surface area (Å²) in [6.45, 7) is 6.39. The predicted octanol–water partition coefficient (Wildman–Crippen LogP) is 0.993. The van der Waals surface area contributed by atoms with Gasteiger partial charge in [0.15, 0.2) is 0 Å². The number of anilines is 1. The van der Waals surface area contributed by atoms with Gasteiger partial charge in [-0.15, -0.1) is 0 Å². The Balaban J connectivity index is 2.65. The normalized spacial score (nSPS) is 11.5. The summed E-state index contributed by atoms with van der Waals surface area (Å²) in [7, 11) is 1.72. The highest BCUT2D eigenvalue weighted by atomic mass is 32.1. The fraction of sp³-hybridized carbons (Fsp3) is 0.667. The van der Waals surface area contributed by atoms with Crippen molar-refractivity contribution < 1.29 is 4.79 Å². The minimum atomic E-state index is -0.103. The average Bonchev–Trinajstić information content (AvgIpc) is 2.52. The topological polar surface area (TPSA) is 66.9 Å². The van der Waals surface area contributed by atoms with E-state index in [0.29, 0.717) is 5.13 Å². The van der Waals surface area contributed by atoms with Crippen molar-refractivity contribution in [3.05, 3.63) is 5.82 Å². The van der Waals surface area contributed by atoms with Crippen LogP contribution < -0.4 is 10.6 Å². The Bertz CT molecular complexity index is 342. The molecule has 1 aromatic heterocycles. The SMILES string of the molecule is CNCC(=O)Nc1nc(C(C)(C)C)ns1. The largest absolute Gasteiger partial charge is 0.311 e. The molecular weight excluding hydrogens is 212 g/mol. The van der Waals surface area contributed by atoms with Crippen LogP contribution in [0, 0.1) is 0 Å². The van der Waals surface area contributed by atoms with Crippen LogP contribution in [0.2, 0.25) is 0 Å². The molecule has 6 heteroatoms. The maximum atomic E-state index is 11.2. The quantitative estimate of drug-likeness (QED) is 0.809. The first-order valence-electron chi connectivity index (χ1n) is 4.72. The van der Waals surface area contributed by atoms with E-state index in [4.69, 9.17) is 0 Å². The Morgan fingerprint density at radius 2 is 2.13 bits per heavy atom. The number of carbonyl (C=O) groups excluding carboxylic acids is 1. The second-order valence-corrected chi connectivity index (χ2v) is 5.00. The van der Waals surface area contributed by atoms with Gasteiger partial charge < -0.3 is 5.32 Å². The van der Waals surface area contributed by atoms with Gasteiger partial charge in [0, 0.05) is 16.9 Å². The van der Waals surface area contributed by atoms with E-state index in [1.165, 1.54) is 11.5 Å². The molecule has 2 N–H and O–H groups in total. The van der Waals surface area contributed by atoms with Gasteiger partial charge in [0.05, 0.1) is 6.54 Å². The van der Waals surface area contributed by atoms with Crippen molar-refractivity contribution in [2.24, 2.45) is 0 Å². The fourth-order valence-corrected chi connectivity index (χ4v) is 1.68. The molecule has 0 saturated carbocycles. The van der Waals surface area contributed by atoms with Crippen molar-refractivity contribution in [2.45, 2.75) is 26.2 Å². The number of aromatic nitrogens is 2. The van der Waals surface area contributed by atoms with Gasteiger partial charge in [-0.3, -0.25) is 10.1 Å². The first kappa shape index (κ1) is 12.1. The van der Waals surface area contributed by atoms with Crippen molar-refractivity contribution in [1.29, 1.82) is 0 Å². The zero-order valence-electron chi connectivity index (χ0n) is 9.42. The lowest BCUT2D eigenvalue weighted by molar-refractivity contribution is -0.115. The highest BCUT2D eigenvalue weighted by Crippen LogP contribution is 2.22. The van der Waals surface area contributed by atoms with Crippen molar-refractivity contribution in [3.63, 3.8) is 0 Å². The predicted molar refractivity (Wildman–Crippen MR) is 61.2 cm³/mol. The van der Waals surface area contributed by atoms with Gasteiger partial charge in [0.1, 0.15) is 5.82 Å². The summed E-state index contributed by atoms with van der Waals surface area (Å²) in [6.07, 6.45) is 0. The number of nitrogens with zero attached hydrogens (tertiary/aromatic N) is 2. The lowest BCUT2D eigenvalue weighted by atomic mass is 9.96. The number of amides is 1. The number of nitrogens with one attached hydrogen (secondary N) is 2. The van der Waals surface area contributed by atoms with Gasteiger partial charge in [0.25, 0.3) is 0 Å². The maximum absolute atomic E-state index is 11.2. The van der Waals surface area contributed by atoms with Crippen molar-refractivity contribution >= 4 is 22.6 Å². The molecule has 0 aliphatic heterocycles. The standard InChI is InChI=1S/C9H16N4OS/c1-9(2,3)7-12-8(15-13-7)11-6(14)5-10-4/h10H,5H2,1-4H3,(H,11,12,13,14). The van der Waals surface area contributed by atoms with E-state index in [0.717, 1.165) is 5.82 Å². The number of carbonyl (C=O) groups is 1. The summed E-state index contributed by atoms with van der Waals surface area (Å²) in [4.78, 5) is 15.5. The van der Waals surface area contributed by atoms with Gasteiger partial charge in [-0.2, -0.15) is 4.37 Å². The van der Waals surface area contributed by atoms with Crippen LogP contribution in [-0.4, -0.2) is 28.9 Å². The molecule has 0 atom stereocenters. The van der Waals surface area contributed by atoms with Gasteiger partial charge in [-0.05, 0) is 7.05 Å². The Morgan fingerprint density at radius 3 is 2.60 bits per heavy atom. The van der Waals surface area contributed by atoms with Crippen LogP contribution in [0.5, 0.6) is 0 Å². The third-order valence-electron chi connectivity index (χ3n) is 1.68. The summed E-state index contributed by atoms with van der Waals surface area (Å²) in [5.41, 5.74) is -0.0809. The molecular formula is C9H16N4OS. The van der Waals surface area contributed by atoms with Crippen molar-refractivity contribution in [2.75, 3.05) is 18.9 Å². The van der Waals surface area contributed by atoms with E-state index in [-0.39, 0.29) is 17.9 Å². The van der Waals surface area contributed by atoms with E-state index in [9.17, 15) is 4.79 Å². The van der Waals surface area contributed by atoms with Gasteiger partial charge >= 0.3 is 0 Å². The van der Waals surface area contributed by atoms with Crippen LogP contribution in [-0.2, 0) is 10.2 Å². The molecule has 5 nitrogen and oxygen atoms in total. The average molecular weight is 228 g/mol. The number of hydrogen-bond donors (Lipinski definition) is 2. The summed E-state index contributed by atoms with van der Waals surface area (Å²) < 4.78 is 4.20. The van der Waals surface area contributed by atoms with Crippen LogP contribution in [0.3, 0.4) is 0 Å². The van der Waals surface area contributed by atoms with Gasteiger partial charge in [-0.1, -0.05) is 20.8 Å². The molecule has 0 aromatic carbocycles. The summed E-state index contributed by atoms with van der Waals surface area (Å²) in [5.74, 6) is 0.654. The second-order valence-electron chi connectivity index (χ2n) is 4.25. The monoisotopic (exact) mass is 228 g/mol. The Morgan fingerprint density at radius 1 is 1.47 bits per heavy atom. The summed E-state index contributed by atoms with van der Waals surface area (Å²) in [6, 6.07) is 0. The molecule has 0 unspecified atom stereocenters. The fourth-order valence-electron chi connectivity index (χ4n) is 0.903. The Kier molecular flexibility index (Phi) is 3.76. The molecule has 0 aliphatic carbocycles. The minimum Gasteiger partial charge on any atom is -0.311 e. The van der Waals surface area contributed by atoms with Crippen LogP contribution in [0.15, 0.2) is 0 Å². The molecule has 1 heterocycles. The number of likely N-dealkylation sites (N-methyl/N-ethyl adjacent to an activating group) is 1. The molecule has 0 fully saturated rings. The molecule has 0 spiro atoms. The van der Waals surface area contributed by atoms with Gasteiger partial charge in [0.2, 0.25) is 11.0 Å². The third-order valence-corrected chi connectivity index (χ3v) is 2.31. The van der Waals surface area contributed by atoms with Crippen molar-refractivity contribution in [1.82, 2.24) is 14.7 Å². The molecule has 1 amide bonds. The maximum Gasteiger partial charge on any atom is 0.240 e. The first-order valence-corrected chi connectivity index (χ1v) is 5.49. The van der Waals surface area contributed by atoms with E-state index in [1.54, 1.807) is 7.05 Å². The number of hydrogen-bond acceptors (Lipinski definition) is 5. The van der Waals surface area contributed by atoms with Crippen LogP contribution in [0.25, 0.3) is 0 Å². The van der Waals surface area contributed by atoms with Gasteiger partial charge in [-0.25, -0.2) is 4.98 Å². The van der Waals surface area contributed by atoms with Crippen molar-refractivity contribution in [3.8, 4) is 0 Å². The molecule has 1 rings (SSSR count). The first-order chi connectivity index (χ1) is 6.93. The molecule has 0 saturated heterocycles. The lowest BCUT2D eigenvalue weighted by Crippen LogP contribution is -2.25. The van der Waals surface area contributed by atoms with Crippen LogP contribution in [0.1, 0.15) is 26.6 Å². The molecule has 0 aliphatic rings. The smallest absolute Gasteiger partial charge is 0.240 e. The van der Waals surface area contributed by atoms with E-state index in [2.05, 4.69) is 20.0 Å². The Hall–Kier alpha value is -1.01. The lowest BCUT2D eigenvalue weighted by Gasteiger charge is -2.12.